The summed E-state index contributed by atoms with van der Waals surface area (Å²) in [5, 5.41) is 11.0. The van der Waals surface area contributed by atoms with Crippen molar-refractivity contribution >= 4 is 11.9 Å². The molecule has 1 rings (SSSR count). The van der Waals surface area contributed by atoms with Crippen LogP contribution in [0.25, 0.3) is 0 Å². The van der Waals surface area contributed by atoms with Crippen molar-refractivity contribution in [3.05, 3.63) is 12.2 Å². The summed E-state index contributed by atoms with van der Waals surface area (Å²) in [7, 11) is 0. The van der Waals surface area contributed by atoms with E-state index in [1.807, 2.05) is 13.8 Å². The Morgan fingerprint density at radius 3 is 2.53 bits per heavy atom. The van der Waals surface area contributed by atoms with Crippen LogP contribution in [0, 0.1) is 0 Å². The Bertz CT molecular complexity index is 287. The zero-order valence-electron chi connectivity index (χ0n) is 8.77. The molecule has 0 bridgehead atoms. The number of carbonyl (C=O) groups excluding carboxylic acids is 1. The van der Waals surface area contributed by atoms with E-state index in [-0.39, 0.29) is 18.2 Å². The van der Waals surface area contributed by atoms with Gasteiger partial charge in [-0.15, -0.1) is 0 Å². The summed E-state index contributed by atoms with van der Waals surface area (Å²) in [4.78, 5) is 21.4. The van der Waals surface area contributed by atoms with Gasteiger partial charge in [-0.25, -0.2) is 4.79 Å². The standard InChI is InChI=1S/C10H15NO4/c1-6-5-8(7(2)15-6)11-9(12)3-4-10(13)14/h3-4,6-8H,5H2,1-2H3,(H,11,12)(H,13,14)/b4-3-. The highest BCUT2D eigenvalue weighted by Gasteiger charge is 2.29. The predicted molar refractivity (Wildman–Crippen MR) is 53.3 cm³/mol. The molecule has 1 aliphatic heterocycles. The van der Waals surface area contributed by atoms with Gasteiger partial charge < -0.3 is 15.2 Å². The van der Waals surface area contributed by atoms with Crippen LogP contribution in [0.5, 0.6) is 0 Å². The van der Waals surface area contributed by atoms with Crippen LogP contribution in [0.3, 0.4) is 0 Å². The molecule has 2 N–H and O–H groups in total. The first kappa shape index (κ1) is 11.7. The van der Waals surface area contributed by atoms with Gasteiger partial charge in [0.1, 0.15) is 0 Å². The second kappa shape index (κ2) is 4.93. The van der Waals surface area contributed by atoms with Gasteiger partial charge in [-0.3, -0.25) is 4.79 Å². The number of rotatable bonds is 3. The Morgan fingerprint density at radius 2 is 2.07 bits per heavy atom. The molecule has 15 heavy (non-hydrogen) atoms. The summed E-state index contributed by atoms with van der Waals surface area (Å²) in [5.41, 5.74) is 0. The quantitative estimate of drug-likeness (QED) is 0.661. The van der Waals surface area contributed by atoms with Crippen molar-refractivity contribution in [3.8, 4) is 0 Å². The van der Waals surface area contributed by atoms with Gasteiger partial charge in [0.15, 0.2) is 0 Å². The van der Waals surface area contributed by atoms with E-state index in [9.17, 15) is 9.59 Å². The summed E-state index contributed by atoms with van der Waals surface area (Å²) >= 11 is 0. The number of hydrogen-bond acceptors (Lipinski definition) is 3. The number of carboxylic acids is 1. The van der Waals surface area contributed by atoms with E-state index < -0.39 is 11.9 Å². The monoisotopic (exact) mass is 213 g/mol. The molecule has 1 amide bonds. The summed E-state index contributed by atoms with van der Waals surface area (Å²) in [5.74, 6) is -1.53. The molecule has 0 aromatic rings. The normalized spacial score (nSPS) is 30.7. The van der Waals surface area contributed by atoms with Crippen molar-refractivity contribution < 1.29 is 19.4 Å². The van der Waals surface area contributed by atoms with E-state index in [1.54, 1.807) is 0 Å². The van der Waals surface area contributed by atoms with E-state index in [0.717, 1.165) is 18.6 Å². The van der Waals surface area contributed by atoms with Crippen LogP contribution in [0.2, 0.25) is 0 Å². The van der Waals surface area contributed by atoms with Gasteiger partial charge in [0.25, 0.3) is 0 Å². The molecule has 3 atom stereocenters. The molecule has 1 fully saturated rings. The predicted octanol–water partition coefficient (Wildman–Crippen LogP) is 0.309. The highest BCUT2D eigenvalue weighted by atomic mass is 16.5. The first-order chi connectivity index (χ1) is 6.99. The van der Waals surface area contributed by atoms with E-state index in [4.69, 9.17) is 9.84 Å². The van der Waals surface area contributed by atoms with Crippen LogP contribution >= 0.6 is 0 Å². The molecule has 1 saturated heterocycles. The Labute approximate surface area is 88.1 Å². The fourth-order valence-corrected chi connectivity index (χ4v) is 1.62. The molecule has 0 aromatic heterocycles. The van der Waals surface area contributed by atoms with Crippen LogP contribution in [-0.4, -0.2) is 35.2 Å². The van der Waals surface area contributed by atoms with Crippen molar-refractivity contribution in [3.63, 3.8) is 0 Å². The molecule has 5 nitrogen and oxygen atoms in total. The van der Waals surface area contributed by atoms with Gasteiger partial charge in [-0.2, -0.15) is 0 Å². The second-order valence-corrected chi connectivity index (χ2v) is 3.67. The van der Waals surface area contributed by atoms with Crippen molar-refractivity contribution in [1.82, 2.24) is 5.32 Å². The van der Waals surface area contributed by atoms with Gasteiger partial charge in [-0.1, -0.05) is 0 Å². The van der Waals surface area contributed by atoms with Crippen LogP contribution < -0.4 is 5.32 Å². The third-order valence-electron chi connectivity index (χ3n) is 2.30. The first-order valence-corrected chi connectivity index (χ1v) is 4.86. The van der Waals surface area contributed by atoms with Crippen LogP contribution in [0.15, 0.2) is 12.2 Å². The van der Waals surface area contributed by atoms with Crippen LogP contribution in [0.4, 0.5) is 0 Å². The number of carboxylic acid groups (broad SMARTS) is 1. The third-order valence-corrected chi connectivity index (χ3v) is 2.30. The molecule has 5 heteroatoms. The van der Waals surface area contributed by atoms with E-state index in [1.165, 1.54) is 0 Å². The summed E-state index contributed by atoms with van der Waals surface area (Å²) in [6.45, 7) is 3.82. The molecule has 3 unspecified atom stereocenters. The summed E-state index contributed by atoms with van der Waals surface area (Å²) in [6, 6.07) is -0.0362. The SMILES string of the molecule is CC1CC(NC(=O)/C=C\C(=O)O)C(C)O1. The molecule has 0 radical (unpaired) electrons. The van der Waals surface area contributed by atoms with Gasteiger partial charge in [-0.05, 0) is 20.3 Å². The summed E-state index contributed by atoms with van der Waals surface area (Å²) < 4.78 is 5.45. The fourth-order valence-electron chi connectivity index (χ4n) is 1.62. The number of amides is 1. The number of nitrogens with one attached hydrogen (secondary N) is 1. The van der Waals surface area contributed by atoms with E-state index in [0.29, 0.717) is 0 Å². The number of aliphatic carboxylic acids is 1. The Morgan fingerprint density at radius 1 is 1.40 bits per heavy atom. The average molecular weight is 213 g/mol. The third kappa shape index (κ3) is 3.71. The van der Waals surface area contributed by atoms with E-state index >= 15 is 0 Å². The molecule has 0 aliphatic carbocycles. The second-order valence-electron chi connectivity index (χ2n) is 3.67. The van der Waals surface area contributed by atoms with Crippen molar-refractivity contribution in [2.24, 2.45) is 0 Å². The lowest BCUT2D eigenvalue weighted by Gasteiger charge is -2.14. The van der Waals surface area contributed by atoms with Crippen LogP contribution in [0.1, 0.15) is 20.3 Å². The number of carbonyl (C=O) groups is 2. The van der Waals surface area contributed by atoms with Gasteiger partial charge in [0.05, 0.1) is 18.2 Å². The zero-order valence-corrected chi connectivity index (χ0v) is 8.77. The Balaban J connectivity index is 2.41. The maximum atomic E-state index is 11.2. The largest absolute Gasteiger partial charge is 0.478 e. The van der Waals surface area contributed by atoms with Gasteiger partial charge in [0, 0.05) is 12.2 Å². The Kier molecular flexibility index (Phi) is 3.85. The molecule has 0 spiro atoms. The van der Waals surface area contributed by atoms with E-state index in [2.05, 4.69) is 5.32 Å². The molecule has 1 aliphatic rings. The van der Waals surface area contributed by atoms with Gasteiger partial charge in [0.2, 0.25) is 5.91 Å². The zero-order chi connectivity index (χ0) is 11.4. The number of hydrogen-bond donors (Lipinski definition) is 2. The molecular formula is C10H15NO4. The minimum atomic E-state index is -1.13. The molecule has 0 aromatic carbocycles. The average Bonchev–Trinajstić information content (AvgIpc) is 2.42. The molecule has 84 valence electrons. The van der Waals surface area contributed by atoms with Crippen molar-refractivity contribution in [2.45, 2.75) is 38.5 Å². The molecule has 1 heterocycles. The Hall–Kier alpha value is -1.36. The lowest BCUT2D eigenvalue weighted by molar-refractivity contribution is -0.131. The molecular weight excluding hydrogens is 198 g/mol. The lowest BCUT2D eigenvalue weighted by Crippen LogP contribution is -2.38. The van der Waals surface area contributed by atoms with Crippen molar-refractivity contribution in [2.75, 3.05) is 0 Å². The van der Waals surface area contributed by atoms with Gasteiger partial charge >= 0.3 is 5.97 Å². The lowest BCUT2D eigenvalue weighted by atomic mass is 10.1. The first-order valence-electron chi connectivity index (χ1n) is 4.86. The fraction of sp³-hybridized carbons (Fsp3) is 0.600. The topological polar surface area (TPSA) is 75.6 Å². The summed E-state index contributed by atoms with van der Waals surface area (Å²) in [6.07, 6.45) is 2.70. The minimum Gasteiger partial charge on any atom is -0.478 e. The molecule has 0 saturated carbocycles. The highest BCUT2D eigenvalue weighted by Crippen LogP contribution is 2.19. The van der Waals surface area contributed by atoms with Crippen molar-refractivity contribution in [1.29, 1.82) is 0 Å². The highest BCUT2D eigenvalue weighted by molar-refractivity contribution is 5.94. The van der Waals surface area contributed by atoms with Crippen LogP contribution in [-0.2, 0) is 14.3 Å². The maximum Gasteiger partial charge on any atom is 0.328 e. The number of ether oxygens (including phenoxy) is 1. The minimum absolute atomic E-state index is 0.0258. The maximum absolute atomic E-state index is 11.2. The smallest absolute Gasteiger partial charge is 0.328 e.